The Morgan fingerprint density at radius 2 is 1.11 bits per heavy atom. The van der Waals surface area contributed by atoms with Gasteiger partial charge in [-0.05, 0) is 59.7 Å². The Labute approximate surface area is 270 Å². The van der Waals surface area contributed by atoms with E-state index in [0.29, 0.717) is 0 Å². The molecule has 0 aliphatic rings. The first-order chi connectivity index (χ1) is 22.8. The van der Waals surface area contributed by atoms with Crippen molar-refractivity contribution in [1.82, 2.24) is 4.57 Å². The second-order valence-corrected chi connectivity index (χ2v) is 14.2. The van der Waals surface area contributed by atoms with Crippen LogP contribution in [0.5, 0.6) is 0 Å². The molecule has 46 heavy (non-hydrogen) atoms. The Morgan fingerprint density at radius 1 is 0.457 bits per heavy atom. The Hall–Kier alpha value is -5.42. The second kappa shape index (κ2) is 9.07. The fraction of sp³-hybridized carbons (Fsp3) is 0. The summed E-state index contributed by atoms with van der Waals surface area (Å²) >= 11 is 3.73. The highest BCUT2D eigenvalue weighted by atomic mass is 32.1. The standard InChI is InChI=1S/C42H23NOS2/c1-5-13-32-28(10-1)37-38-29-11-2-6-14-33(29)44-41(38)39-30-12-4-8-16-35(30)46-42(39)40(37)43(32)26-20-17-24(18-21-26)25-19-22-36-31(23-25)27-9-3-7-15-34(27)45-36/h1-23H. The number of hydrogen-bond acceptors (Lipinski definition) is 3. The zero-order valence-electron chi connectivity index (χ0n) is 24.5. The number of nitrogens with zero attached hydrogens (tertiary/aromatic N) is 1. The minimum Gasteiger partial charge on any atom is -0.455 e. The molecule has 4 aromatic heterocycles. The summed E-state index contributed by atoms with van der Waals surface area (Å²) in [4.78, 5) is 0. The fourth-order valence-corrected chi connectivity index (χ4v) is 9.92. The van der Waals surface area contributed by atoms with Gasteiger partial charge in [-0.2, -0.15) is 0 Å². The van der Waals surface area contributed by atoms with Crippen molar-refractivity contribution in [2.24, 2.45) is 0 Å². The average molecular weight is 622 g/mol. The molecule has 214 valence electrons. The van der Waals surface area contributed by atoms with Crippen molar-refractivity contribution in [1.29, 1.82) is 0 Å². The highest BCUT2D eigenvalue weighted by Crippen LogP contribution is 2.50. The summed E-state index contributed by atoms with van der Waals surface area (Å²) in [5.41, 5.74) is 7.97. The normalized spacial score (nSPS) is 12.3. The molecule has 0 fully saturated rings. The van der Waals surface area contributed by atoms with Crippen LogP contribution >= 0.6 is 22.7 Å². The summed E-state index contributed by atoms with van der Waals surface area (Å²) in [6.45, 7) is 0. The van der Waals surface area contributed by atoms with Gasteiger partial charge in [0.15, 0.2) is 0 Å². The van der Waals surface area contributed by atoms with Crippen LogP contribution in [0, 0.1) is 0 Å². The van der Waals surface area contributed by atoms with Crippen molar-refractivity contribution in [2.75, 3.05) is 0 Å². The molecule has 0 radical (unpaired) electrons. The largest absolute Gasteiger partial charge is 0.455 e. The van der Waals surface area contributed by atoms with Gasteiger partial charge in [-0.3, -0.25) is 0 Å². The molecule has 0 saturated carbocycles. The summed E-state index contributed by atoms with van der Waals surface area (Å²) in [5, 5.41) is 9.97. The Bertz CT molecular complexity index is 3020. The number of para-hydroxylation sites is 2. The summed E-state index contributed by atoms with van der Waals surface area (Å²) in [6.07, 6.45) is 0. The summed E-state index contributed by atoms with van der Waals surface area (Å²) in [7, 11) is 0. The Morgan fingerprint density at radius 3 is 1.96 bits per heavy atom. The first-order valence-corrected chi connectivity index (χ1v) is 17.1. The van der Waals surface area contributed by atoms with E-state index in [2.05, 4.69) is 144 Å². The molecule has 11 aromatic rings. The van der Waals surface area contributed by atoms with E-state index in [0.717, 1.165) is 22.2 Å². The number of benzene rings is 7. The zero-order chi connectivity index (χ0) is 29.9. The minimum absolute atomic E-state index is 0.929. The SMILES string of the molecule is c1ccc2c(c1)oc1c3c4ccccc4sc3c3c(c4ccccc4n3-c3ccc(-c4ccc5sc6ccccc6c5c4)cc3)c21. The van der Waals surface area contributed by atoms with E-state index in [1.165, 1.54) is 78.7 Å². The van der Waals surface area contributed by atoms with Crippen molar-refractivity contribution >= 4 is 107 Å². The molecule has 2 nitrogen and oxygen atoms in total. The molecule has 0 unspecified atom stereocenters. The van der Waals surface area contributed by atoms with Crippen molar-refractivity contribution in [3.05, 3.63) is 140 Å². The third-order valence-electron chi connectivity index (χ3n) is 9.59. The van der Waals surface area contributed by atoms with Gasteiger partial charge in [-0.15, -0.1) is 22.7 Å². The maximum atomic E-state index is 6.72. The first-order valence-electron chi connectivity index (χ1n) is 15.5. The van der Waals surface area contributed by atoms with E-state index >= 15 is 0 Å². The van der Waals surface area contributed by atoms with Crippen LogP contribution < -0.4 is 0 Å². The maximum Gasteiger partial charge on any atom is 0.145 e. The zero-order valence-corrected chi connectivity index (χ0v) is 26.1. The molecule has 4 heteroatoms. The van der Waals surface area contributed by atoms with Crippen LogP contribution in [-0.4, -0.2) is 4.57 Å². The van der Waals surface area contributed by atoms with Crippen molar-refractivity contribution in [3.63, 3.8) is 0 Å². The van der Waals surface area contributed by atoms with Gasteiger partial charge in [0.25, 0.3) is 0 Å². The van der Waals surface area contributed by atoms with Gasteiger partial charge >= 0.3 is 0 Å². The van der Waals surface area contributed by atoms with Gasteiger partial charge in [0.05, 0.1) is 15.7 Å². The van der Waals surface area contributed by atoms with Gasteiger partial charge in [0, 0.05) is 62.9 Å². The predicted octanol–water partition coefficient (Wildman–Crippen LogP) is 13.1. The highest BCUT2D eigenvalue weighted by Gasteiger charge is 2.25. The predicted molar refractivity (Wildman–Crippen MR) is 199 cm³/mol. The Kier molecular flexibility index (Phi) is 4.90. The molecule has 0 aliphatic heterocycles. The molecule has 7 aromatic carbocycles. The number of fused-ring (bicyclic) bond motifs is 15. The smallest absolute Gasteiger partial charge is 0.145 e. The molecule has 4 heterocycles. The van der Waals surface area contributed by atoms with E-state index < -0.39 is 0 Å². The molecule has 0 bridgehead atoms. The number of hydrogen-bond donors (Lipinski definition) is 0. The van der Waals surface area contributed by atoms with E-state index in [-0.39, 0.29) is 0 Å². The van der Waals surface area contributed by atoms with Crippen LogP contribution in [0.4, 0.5) is 0 Å². The summed E-state index contributed by atoms with van der Waals surface area (Å²) < 4.78 is 14.4. The van der Waals surface area contributed by atoms with Crippen LogP contribution in [0.15, 0.2) is 144 Å². The van der Waals surface area contributed by atoms with Crippen LogP contribution in [-0.2, 0) is 0 Å². The molecule has 11 rings (SSSR count). The van der Waals surface area contributed by atoms with Crippen LogP contribution in [0.2, 0.25) is 0 Å². The molecular formula is C42H23NOS2. The lowest BCUT2D eigenvalue weighted by Gasteiger charge is -2.10. The van der Waals surface area contributed by atoms with Crippen LogP contribution in [0.3, 0.4) is 0 Å². The fourth-order valence-electron chi connectivity index (χ4n) is 7.59. The van der Waals surface area contributed by atoms with E-state index in [1.807, 2.05) is 22.7 Å². The number of thiophene rings is 2. The van der Waals surface area contributed by atoms with Crippen LogP contribution in [0.25, 0.3) is 101 Å². The second-order valence-electron chi connectivity index (χ2n) is 12.0. The van der Waals surface area contributed by atoms with Gasteiger partial charge in [-0.1, -0.05) is 91.0 Å². The van der Waals surface area contributed by atoms with Crippen molar-refractivity contribution in [3.8, 4) is 16.8 Å². The maximum absolute atomic E-state index is 6.72. The quantitative estimate of drug-likeness (QED) is 0.188. The molecule has 0 N–H and O–H groups in total. The lowest BCUT2D eigenvalue weighted by molar-refractivity contribution is 0.673. The van der Waals surface area contributed by atoms with E-state index in [1.54, 1.807) is 0 Å². The molecular weight excluding hydrogens is 599 g/mol. The third kappa shape index (κ3) is 3.24. The monoisotopic (exact) mass is 621 g/mol. The Balaban J connectivity index is 1.22. The lowest BCUT2D eigenvalue weighted by atomic mass is 10.0. The summed E-state index contributed by atoms with van der Waals surface area (Å²) in [5.74, 6) is 0. The first kappa shape index (κ1) is 24.8. The molecule has 0 atom stereocenters. The average Bonchev–Trinajstić information content (AvgIpc) is 3.86. The number of furan rings is 1. The molecule has 0 spiro atoms. The van der Waals surface area contributed by atoms with Gasteiger partial charge < -0.3 is 8.98 Å². The molecule has 0 amide bonds. The number of rotatable bonds is 2. The highest BCUT2D eigenvalue weighted by molar-refractivity contribution is 7.27. The van der Waals surface area contributed by atoms with Crippen molar-refractivity contribution in [2.45, 2.75) is 0 Å². The minimum atomic E-state index is 0.929. The van der Waals surface area contributed by atoms with Gasteiger partial charge in [-0.25, -0.2) is 0 Å². The lowest BCUT2D eigenvalue weighted by Crippen LogP contribution is -1.94. The van der Waals surface area contributed by atoms with E-state index in [4.69, 9.17) is 4.42 Å². The van der Waals surface area contributed by atoms with Crippen molar-refractivity contribution < 1.29 is 4.42 Å². The van der Waals surface area contributed by atoms with E-state index in [9.17, 15) is 0 Å². The van der Waals surface area contributed by atoms with Gasteiger partial charge in [0.2, 0.25) is 0 Å². The van der Waals surface area contributed by atoms with Gasteiger partial charge in [0.1, 0.15) is 11.2 Å². The van der Waals surface area contributed by atoms with Crippen LogP contribution in [0.1, 0.15) is 0 Å². The topological polar surface area (TPSA) is 18.1 Å². The summed E-state index contributed by atoms with van der Waals surface area (Å²) in [6, 6.07) is 50.8. The molecule has 0 saturated heterocycles. The third-order valence-corrected chi connectivity index (χ3v) is 11.9. The molecule has 0 aliphatic carbocycles. The number of aromatic nitrogens is 1.